The van der Waals surface area contributed by atoms with E-state index in [1.165, 1.54) is 12.4 Å². The van der Waals surface area contributed by atoms with Gasteiger partial charge in [0.25, 0.3) is 5.91 Å². The first kappa shape index (κ1) is 18.5. The number of aromatic nitrogens is 2. The van der Waals surface area contributed by atoms with Crippen LogP contribution in [0.15, 0.2) is 54.9 Å². The molecule has 0 saturated heterocycles. The van der Waals surface area contributed by atoms with E-state index in [2.05, 4.69) is 20.6 Å². The molecule has 0 bridgehead atoms. The molecule has 0 aliphatic carbocycles. The first-order chi connectivity index (χ1) is 14.2. The number of ether oxygens (including phenoxy) is 3. The summed E-state index contributed by atoms with van der Waals surface area (Å²) >= 11 is 0. The third kappa shape index (κ3) is 4.55. The monoisotopic (exact) mass is 392 g/mol. The van der Waals surface area contributed by atoms with Gasteiger partial charge in [0.1, 0.15) is 30.5 Å². The highest BCUT2D eigenvalue weighted by Crippen LogP contribution is 2.33. The van der Waals surface area contributed by atoms with E-state index in [0.717, 1.165) is 22.7 Å². The molecule has 4 rings (SSSR count). The summed E-state index contributed by atoms with van der Waals surface area (Å²) in [6.45, 7) is 1.46. The average molecular weight is 392 g/mol. The molecular weight excluding hydrogens is 372 g/mol. The van der Waals surface area contributed by atoms with E-state index >= 15 is 0 Å². The largest absolute Gasteiger partial charge is 0.497 e. The lowest BCUT2D eigenvalue weighted by Gasteiger charge is -2.19. The number of hydrogen-bond acceptors (Lipinski definition) is 7. The molecule has 0 unspecified atom stereocenters. The van der Waals surface area contributed by atoms with Crippen LogP contribution in [0.4, 0.5) is 11.5 Å². The maximum Gasteiger partial charge on any atom is 0.271 e. The van der Waals surface area contributed by atoms with Gasteiger partial charge < -0.3 is 24.8 Å². The zero-order valence-electron chi connectivity index (χ0n) is 15.8. The van der Waals surface area contributed by atoms with Crippen molar-refractivity contribution in [3.8, 4) is 17.2 Å². The fourth-order valence-corrected chi connectivity index (χ4v) is 2.80. The summed E-state index contributed by atoms with van der Waals surface area (Å²) in [6, 6.07) is 13.0. The molecule has 1 aromatic heterocycles. The van der Waals surface area contributed by atoms with Gasteiger partial charge in [0.2, 0.25) is 0 Å². The number of amides is 1. The first-order valence-electron chi connectivity index (χ1n) is 9.11. The molecule has 1 aliphatic heterocycles. The standard InChI is InChI=1S/C21H20N4O4/c1-27-16-5-2-14(3-6-16)11-24-21(26)17-12-23-20(13-22-17)25-15-4-7-18-19(10-15)29-9-8-28-18/h2-7,10,12-13H,8-9,11H2,1H3,(H,23,25)(H,24,26). The highest BCUT2D eigenvalue weighted by atomic mass is 16.6. The van der Waals surface area contributed by atoms with Crippen molar-refractivity contribution < 1.29 is 19.0 Å². The SMILES string of the molecule is COc1ccc(CNC(=O)c2cnc(Nc3ccc4c(c3)OCCO4)cn2)cc1. The number of anilines is 2. The summed E-state index contributed by atoms with van der Waals surface area (Å²) in [7, 11) is 1.61. The number of methoxy groups -OCH3 is 1. The highest BCUT2D eigenvalue weighted by Gasteiger charge is 2.12. The molecule has 29 heavy (non-hydrogen) atoms. The van der Waals surface area contributed by atoms with Crippen molar-refractivity contribution in [2.45, 2.75) is 6.54 Å². The van der Waals surface area contributed by atoms with Gasteiger partial charge in [-0.15, -0.1) is 0 Å². The Morgan fingerprint density at radius 1 is 1.03 bits per heavy atom. The van der Waals surface area contributed by atoms with Crippen molar-refractivity contribution in [1.82, 2.24) is 15.3 Å². The number of nitrogens with zero attached hydrogens (tertiary/aromatic N) is 2. The van der Waals surface area contributed by atoms with Crippen LogP contribution in [0.3, 0.4) is 0 Å². The lowest BCUT2D eigenvalue weighted by atomic mass is 10.2. The van der Waals surface area contributed by atoms with Crippen LogP contribution in [0.25, 0.3) is 0 Å². The zero-order chi connectivity index (χ0) is 20.1. The predicted octanol–water partition coefficient (Wildman–Crippen LogP) is 2.93. The number of hydrogen-bond donors (Lipinski definition) is 2. The van der Waals surface area contributed by atoms with Crippen molar-refractivity contribution in [3.05, 3.63) is 66.1 Å². The van der Waals surface area contributed by atoms with Crippen LogP contribution in [0.2, 0.25) is 0 Å². The van der Waals surface area contributed by atoms with Gasteiger partial charge in [0, 0.05) is 18.3 Å². The van der Waals surface area contributed by atoms with E-state index < -0.39 is 0 Å². The van der Waals surface area contributed by atoms with E-state index in [0.29, 0.717) is 31.3 Å². The van der Waals surface area contributed by atoms with E-state index in [1.807, 2.05) is 42.5 Å². The summed E-state index contributed by atoms with van der Waals surface area (Å²) < 4.78 is 16.2. The zero-order valence-corrected chi connectivity index (χ0v) is 15.8. The summed E-state index contributed by atoms with van der Waals surface area (Å²) in [4.78, 5) is 20.7. The second-order valence-corrected chi connectivity index (χ2v) is 6.30. The molecule has 1 amide bonds. The number of benzene rings is 2. The Hall–Kier alpha value is -3.81. The van der Waals surface area contributed by atoms with Crippen molar-refractivity contribution in [2.75, 3.05) is 25.6 Å². The van der Waals surface area contributed by atoms with Gasteiger partial charge in [0.05, 0.1) is 19.5 Å². The first-order valence-corrected chi connectivity index (χ1v) is 9.11. The Balaban J connectivity index is 1.35. The number of fused-ring (bicyclic) bond motifs is 1. The van der Waals surface area contributed by atoms with Crippen molar-refractivity contribution in [1.29, 1.82) is 0 Å². The fourth-order valence-electron chi connectivity index (χ4n) is 2.80. The average Bonchev–Trinajstić information content (AvgIpc) is 2.78. The molecule has 2 aromatic carbocycles. The van der Waals surface area contributed by atoms with Crippen LogP contribution in [-0.4, -0.2) is 36.2 Å². The molecule has 148 valence electrons. The second kappa shape index (κ2) is 8.47. The van der Waals surface area contributed by atoms with Gasteiger partial charge in [0.15, 0.2) is 11.5 Å². The second-order valence-electron chi connectivity index (χ2n) is 6.30. The van der Waals surface area contributed by atoms with E-state index in [4.69, 9.17) is 14.2 Å². The van der Waals surface area contributed by atoms with Gasteiger partial charge in [-0.05, 0) is 29.8 Å². The molecule has 1 aliphatic rings. The Kier molecular flexibility index (Phi) is 5.42. The summed E-state index contributed by atoms with van der Waals surface area (Å²) in [5, 5.41) is 5.96. The van der Waals surface area contributed by atoms with Crippen LogP contribution < -0.4 is 24.8 Å². The fraction of sp³-hybridized carbons (Fsp3) is 0.190. The third-order valence-electron chi connectivity index (χ3n) is 4.31. The third-order valence-corrected chi connectivity index (χ3v) is 4.31. The van der Waals surface area contributed by atoms with Crippen LogP contribution in [0, 0.1) is 0 Å². The van der Waals surface area contributed by atoms with Crippen molar-refractivity contribution in [2.24, 2.45) is 0 Å². The topological polar surface area (TPSA) is 94.6 Å². The smallest absolute Gasteiger partial charge is 0.271 e. The number of carbonyl (C=O) groups excluding carboxylic acids is 1. The minimum Gasteiger partial charge on any atom is -0.497 e. The van der Waals surface area contributed by atoms with Gasteiger partial charge in [-0.3, -0.25) is 4.79 Å². The molecule has 2 N–H and O–H groups in total. The van der Waals surface area contributed by atoms with E-state index in [1.54, 1.807) is 7.11 Å². The summed E-state index contributed by atoms with van der Waals surface area (Å²) in [5.41, 5.74) is 2.00. The molecular formula is C21H20N4O4. The van der Waals surface area contributed by atoms with Gasteiger partial charge in [-0.2, -0.15) is 0 Å². The quantitative estimate of drug-likeness (QED) is 0.666. The molecule has 0 saturated carbocycles. The van der Waals surface area contributed by atoms with Crippen molar-refractivity contribution >= 4 is 17.4 Å². The lowest BCUT2D eigenvalue weighted by Crippen LogP contribution is -2.24. The van der Waals surface area contributed by atoms with E-state index in [-0.39, 0.29) is 11.6 Å². The predicted molar refractivity (Wildman–Crippen MR) is 107 cm³/mol. The number of carbonyl (C=O) groups is 1. The van der Waals surface area contributed by atoms with Crippen LogP contribution in [0.1, 0.15) is 16.1 Å². The minimum absolute atomic E-state index is 0.242. The normalized spacial score (nSPS) is 12.2. The molecule has 0 fully saturated rings. The number of nitrogens with one attached hydrogen (secondary N) is 2. The minimum atomic E-state index is -0.292. The molecule has 8 nitrogen and oxygen atoms in total. The van der Waals surface area contributed by atoms with Gasteiger partial charge >= 0.3 is 0 Å². The van der Waals surface area contributed by atoms with Crippen LogP contribution >= 0.6 is 0 Å². The maximum atomic E-state index is 12.3. The number of rotatable bonds is 6. The molecule has 0 spiro atoms. The molecule has 0 atom stereocenters. The Labute approximate surface area is 167 Å². The molecule has 2 heterocycles. The molecule has 3 aromatic rings. The highest BCUT2D eigenvalue weighted by molar-refractivity contribution is 5.92. The Morgan fingerprint density at radius 2 is 1.83 bits per heavy atom. The maximum absolute atomic E-state index is 12.3. The molecule has 8 heteroatoms. The Bertz CT molecular complexity index is 991. The van der Waals surface area contributed by atoms with Crippen LogP contribution in [-0.2, 0) is 6.54 Å². The summed E-state index contributed by atoms with van der Waals surface area (Å²) in [6.07, 6.45) is 2.95. The summed E-state index contributed by atoms with van der Waals surface area (Å²) in [5.74, 6) is 2.40. The van der Waals surface area contributed by atoms with Gasteiger partial charge in [-0.1, -0.05) is 12.1 Å². The van der Waals surface area contributed by atoms with E-state index in [9.17, 15) is 4.79 Å². The molecule has 0 radical (unpaired) electrons. The lowest BCUT2D eigenvalue weighted by molar-refractivity contribution is 0.0945. The van der Waals surface area contributed by atoms with Crippen molar-refractivity contribution in [3.63, 3.8) is 0 Å². The van der Waals surface area contributed by atoms with Gasteiger partial charge in [-0.25, -0.2) is 9.97 Å². The van der Waals surface area contributed by atoms with Crippen LogP contribution in [0.5, 0.6) is 17.2 Å². The Morgan fingerprint density at radius 3 is 2.55 bits per heavy atom.